The molecule has 22 heavy (non-hydrogen) atoms. The molecule has 0 saturated heterocycles. The van der Waals surface area contributed by atoms with Crippen molar-refractivity contribution in [2.75, 3.05) is 7.11 Å². The van der Waals surface area contributed by atoms with E-state index in [2.05, 4.69) is 26.0 Å². The van der Waals surface area contributed by atoms with E-state index in [1.807, 2.05) is 24.3 Å². The average Bonchev–Trinajstić information content (AvgIpc) is 2.85. The highest BCUT2D eigenvalue weighted by molar-refractivity contribution is 9.10. The zero-order valence-corrected chi connectivity index (χ0v) is 14.8. The van der Waals surface area contributed by atoms with Crippen LogP contribution in [0.3, 0.4) is 0 Å². The molecule has 0 unspecified atom stereocenters. The second-order valence-electron chi connectivity index (χ2n) is 4.70. The largest absolute Gasteiger partial charge is 0.496 e. The van der Waals surface area contributed by atoms with Gasteiger partial charge in [0.25, 0.3) is 0 Å². The summed E-state index contributed by atoms with van der Waals surface area (Å²) < 4.78 is 8.15. The van der Waals surface area contributed by atoms with Crippen LogP contribution in [0.25, 0.3) is 5.65 Å². The minimum Gasteiger partial charge on any atom is -0.496 e. The van der Waals surface area contributed by atoms with Crippen molar-refractivity contribution in [1.82, 2.24) is 14.6 Å². The lowest BCUT2D eigenvalue weighted by Gasteiger charge is -2.09. The molecule has 0 saturated carbocycles. The third-order valence-electron chi connectivity index (χ3n) is 3.35. The third kappa shape index (κ3) is 2.93. The molecule has 4 nitrogen and oxygen atoms in total. The number of nitrogens with zero attached hydrogens (tertiary/aromatic N) is 3. The van der Waals surface area contributed by atoms with Crippen molar-refractivity contribution in [2.45, 2.75) is 12.3 Å². The van der Waals surface area contributed by atoms with Crippen LogP contribution in [-0.4, -0.2) is 21.7 Å². The summed E-state index contributed by atoms with van der Waals surface area (Å²) in [6.45, 7) is 0. The predicted molar refractivity (Wildman–Crippen MR) is 91.1 cm³/mol. The first-order chi connectivity index (χ1) is 10.6. The Balaban J connectivity index is 2.14. The summed E-state index contributed by atoms with van der Waals surface area (Å²) in [4.78, 5) is 4.50. The Bertz CT molecular complexity index is 835. The van der Waals surface area contributed by atoms with Gasteiger partial charge in [0.2, 0.25) is 0 Å². The third-order valence-corrected chi connectivity index (χ3v) is 4.30. The quantitative estimate of drug-likeness (QED) is 0.606. The Morgan fingerprint density at radius 2 is 2.09 bits per heavy atom. The van der Waals surface area contributed by atoms with Gasteiger partial charge in [0, 0.05) is 16.5 Å². The van der Waals surface area contributed by atoms with E-state index in [1.54, 1.807) is 17.7 Å². The van der Waals surface area contributed by atoms with Gasteiger partial charge in [-0.2, -0.15) is 5.10 Å². The molecule has 2 heterocycles. The van der Waals surface area contributed by atoms with Gasteiger partial charge in [0.1, 0.15) is 10.9 Å². The molecule has 0 atom stereocenters. The van der Waals surface area contributed by atoms with E-state index >= 15 is 0 Å². The van der Waals surface area contributed by atoms with Crippen LogP contribution >= 0.6 is 39.1 Å². The lowest BCUT2D eigenvalue weighted by Crippen LogP contribution is -2.02. The molecule has 0 bridgehead atoms. The molecule has 3 aromatic rings. The minimum absolute atomic E-state index is 0.312. The number of hydrogen-bond donors (Lipinski definition) is 0. The van der Waals surface area contributed by atoms with Gasteiger partial charge in [-0.25, -0.2) is 9.50 Å². The van der Waals surface area contributed by atoms with Crippen molar-refractivity contribution < 1.29 is 4.74 Å². The Hall–Kier alpha value is -1.30. The van der Waals surface area contributed by atoms with Gasteiger partial charge in [0.15, 0.2) is 5.65 Å². The topological polar surface area (TPSA) is 39.4 Å². The Labute approximate surface area is 146 Å². The Morgan fingerprint density at radius 1 is 1.27 bits per heavy atom. The molecular formula is C15H12BrCl2N3O. The first kappa shape index (κ1) is 15.6. The number of benzene rings is 1. The standard InChI is InChI=1S/C15H12BrCl2N3O/c1-22-13-3-2-10(16)6-9(13)7-12-11(8-17)19-15-5-4-14(18)20-21(12)15/h2-6H,7-8H2,1H3. The van der Waals surface area contributed by atoms with Crippen molar-refractivity contribution in [3.8, 4) is 5.75 Å². The van der Waals surface area contributed by atoms with Crippen LogP contribution < -0.4 is 4.74 Å². The van der Waals surface area contributed by atoms with Crippen LogP contribution in [-0.2, 0) is 12.3 Å². The number of hydrogen-bond acceptors (Lipinski definition) is 3. The highest BCUT2D eigenvalue weighted by Crippen LogP contribution is 2.27. The average molecular weight is 401 g/mol. The lowest BCUT2D eigenvalue weighted by atomic mass is 10.1. The van der Waals surface area contributed by atoms with Crippen LogP contribution in [0.2, 0.25) is 5.15 Å². The fourth-order valence-corrected chi connectivity index (χ4v) is 3.11. The Morgan fingerprint density at radius 3 is 2.82 bits per heavy atom. The molecule has 0 fully saturated rings. The summed E-state index contributed by atoms with van der Waals surface area (Å²) in [5, 5.41) is 4.74. The van der Waals surface area contributed by atoms with E-state index in [9.17, 15) is 0 Å². The maximum Gasteiger partial charge on any atom is 0.154 e. The first-order valence-corrected chi connectivity index (χ1v) is 8.24. The van der Waals surface area contributed by atoms with Crippen LogP contribution in [0, 0.1) is 0 Å². The molecule has 0 aliphatic heterocycles. The molecule has 0 aliphatic rings. The number of alkyl halides is 1. The normalized spacial score (nSPS) is 11.1. The molecule has 3 rings (SSSR count). The number of methoxy groups -OCH3 is 1. The fraction of sp³-hybridized carbons (Fsp3) is 0.200. The van der Waals surface area contributed by atoms with Crippen molar-refractivity contribution in [2.24, 2.45) is 0 Å². The zero-order chi connectivity index (χ0) is 15.7. The molecule has 1 aromatic carbocycles. The second kappa shape index (κ2) is 6.44. The summed E-state index contributed by atoms with van der Waals surface area (Å²) in [6.07, 6.45) is 0.596. The Kier molecular flexibility index (Phi) is 4.57. The van der Waals surface area contributed by atoms with Gasteiger partial charge in [-0.3, -0.25) is 0 Å². The number of rotatable bonds is 4. The monoisotopic (exact) mass is 399 g/mol. The molecule has 0 amide bonds. The van der Waals surface area contributed by atoms with Crippen LogP contribution in [0.4, 0.5) is 0 Å². The van der Waals surface area contributed by atoms with Gasteiger partial charge in [-0.05, 0) is 30.3 Å². The van der Waals surface area contributed by atoms with Gasteiger partial charge in [0.05, 0.1) is 24.4 Å². The van der Waals surface area contributed by atoms with E-state index in [0.717, 1.165) is 32.8 Å². The van der Waals surface area contributed by atoms with Crippen molar-refractivity contribution in [1.29, 1.82) is 0 Å². The predicted octanol–water partition coefficient (Wildman–Crippen LogP) is 4.48. The van der Waals surface area contributed by atoms with Crippen molar-refractivity contribution in [3.05, 3.63) is 56.9 Å². The summed E-state index contributed by atoms with van der Waals surface area (Å²) in [5.74, 6) is 1.12. The minimum atomic E-state index is 0.312. The summed E-state index contributed by atoms with van der Waals surface area (Å²) in [6, 6.07) is 9.41. The number of ether oxygens (including phenoxy) is 1. The van der Waals surface area contributed by atoms with Crippen LogP contribution in [0.5, 0.6) is 5.75 Å². The number of fused-ring (bicyclic) bond motifs is 1. The maximum absolute atomic E-state index is 6.04. The van der Waals surface area contributed by atoms with E-state index in [0.29, 0.717) is 17.5 Å². The van der Waals surface area contributed by atoms with Crippen molar-refractivity contribution >= 4 is 44.8 Å². The number of imidazole rings is 1. The zero-order valence-electron chi connectivity index (χ0n) is 11.7. The number of aromatic nitrogens is 3. The first-order valence-electron chi connectivity index (χ1n) is 6.54. The second-order valence-corrected chi connectivity index (χ2v) is 6.27. The van der Waals surface area contributed by atoms with Crippen LogP contribution in [0.15, 0.2) is 34.8 Å². The smallest absolute Gasteiger partial charge is 0.154 e. The molecular weight excluding hydrogens is 389 g/mol. The van der Waals surface area contributed by atoms with Gasteiger partial charge in [-0.1, -0.05) is 27.5 Å². The van der Waals surface area contributed by atoms with E-state index < -0.39 is 0 Å². The number of halogens is 3. The lowest BCUT2D eigenvalue weighted by molar-refractivity contribution is 0.410. The SMILES string of the molecule is COc1ccc(Br)cc1Cc1c(CCl)nc2ccc(Cl)nn12. The highest BCUT2D eigenvalue weighted by Gasteiger charge is 2.16. The maximum atomic E-state index is 6.04. The molecule has 2 aromatic heterocycles. The fourth-order valence-electron chi connectivity index (χ4n) is 2.35. The van der Waals surface area contributed by atoms with Crippen molar-refractivity contribution in [3.63, 3.8) is 0 Å². The molecule has 0 aliphatic carbocycles. The summed E-state index contributed by atoms with van der Waals surface area (Å²) >= 11 is 15.5. The summed E-state index contributed by atoms with van der Waals surface area (Å²) in [7, 11) is 1.65. The molecule has 0 radical (unpaired) electrons. The van der Waals surface area contributed by atoms with E-state index in [1.165, 1.54) is 0 Å². The molecule has 0 N–H and O–H groups in total. The van der Waals surface area contributed by atoms with E-state index in [-0.39, 0.29) is 0 Å². The highest BCUT2D eigenvalue weighted by atomic mass is 79.9. The molecule has 0 spiro atoms. The van der Waals surface area contributed by atoms with E-state index in [4.69, 9.17) is 27.9 Å². The molecule has 114 valence electrons. The van der Waals surface area contributed by atoms with Gasteiger partial charge >= 0.3 is 0 Å². The molecule has 7 heteroatoms. The summed E-state index contributed by atoms with van der Waals surface area (Å²) in [5.41, 5.74) is 3.44. The van der Waals surface area contributed by atoms with Gasteiger partial charge in [-0.15, -0.1) is 11.6 Å². The van der Waals surface area contributed by atoms with Gasteiger partial charge < -0.3 is 4.74 Å². The van der Waals surface area contributed by atoms with Crippen LogP contribution in [0.1, 0.15) is 17.0 Å².